The van der Waals surface area contributed by atoms with Crippen molar-refractivity contribution in [2.24, 2.45) is 0 Å². The summed E-state index contributed by atoms with van der Waals surface area (Å²) in [7, 11) is 0. The monoisotopic (exact) mass is 294 g/mol. The lowest BCUT2D eigenvalue weighted by Gasteiger charge is -2.05. The average Bonchev–Trinajstić information content (AvgIpc) is 2.47. The van der Waals surface area contributed by atoms with Crippen LogP contribution in [0.5, 0.6) is 0 Å². The van der Waals surface area contributed by atoms with Crippen molar-refractivity contribution in [2.75, 3.05) is 13.2 Å². The molecule has 0 atom stereocenters. The second kappa shape index (κ2) is 14.3. The van der Waals surface area contributed by atoms with E-state index in [-0.39, 0.29) is 24.8 Å². The molecule has 0 aromatic rings. The van der Waals surface area contributed by atoms with Crippen LogP contribution in [0.1, 0.15) is 57.8 Å². The van der Waals surface area contributed by atoms with Crippen molar-refractivity contribution in [2.45, 2.75) is 57.8 Å². The van der Waals surface area contributed by atoms with Crippen LogP contribution in [0.2, 0.25) is 0 Å². The van der Waals surface area contributed by atoms with Crippen LogP contribution in [0, 0.1) is 22.7 Å². The first kappa shape index (κ1) is 18.9. The normalized spacial score (nSPS) is 9.43. The van der Waals surface area contributed by atoms with Gasteiger partial charge in [0.2, 0.25) is 0 Å². The van der Waals surface area contributed by atoms with Crippen molar-refractivity contribution in [1.82, 2.24) is 0 Å². The largest absolute Gasteiger partial charge is 0.466 e. The fourth-order valence-electron chi connectivity index (χ4n) is 1.51. The summed E-state index contributed by atoms with van der Waals surface area (Å²) in [5.74, 6) is -0.650. The van der Waals surface area contributed by atoms with Gasteiger partial charge in [-0.15, -0.1) is 0 Å². The van der Waals surface area contributed by atoms with Gasteiger partial charge in [-0.05, 0) is 32.1 Å². The average molecular weight is 294 g/mol. The number of esters is 2. The maximum Gasteiger partial charge on any atom is 0.305 e. The highest BCUT2D eigenvalue weighted by atomic mass is 16.5. The number of carbonyl (C=O) groups is 2. The van der Waals surface area contributed by atoms with Crippen molar-refractivity contribution in [3.8, 4) is 12.1 Å². The van der Waals surface area contributed by atoms with E-state index in [1.165, 1.54) is 0 Å². The van der Waals surface area contributed by atoms with E-state index in [0.717, 1.165) is 12.8 Å². The van der Waals surface area contributed by atoms with Crippen molar-refractivity contribution in [1.29, 1.82) is 10.5 Å². The SMILES string of the molecule is N#CCCCCOC(=O)CCCC(=O)OCCCCC#N. The molecule has 0 bridgehead atoms. The molecule has 0 N–H and O–H groups in total. The molecule has 0 heterocycles. The summed E-state index contributed by atoms with van der Waals surface area (Å²) >= 11 is 0. The van der Waals surface area contributed by atoms with Crippen molar-refractivity contribution >= 4 is 11.9 Å². The number of rotatable bonds is 12. The molecule has 0 aromatic carbocycles. The Kier molecular flexibility index (Phi) is 12.9. The zero-order valence-corrected chi connectivity index (χ0v) is 12.3. The van der Waals surface area contributed by atoms with E-state index in [4.69, 9.17) is 20.0 Å². The van der Waals surface area contributed by atoms with Gasteiger partial charge < -0.3 is 9.47 Å². The Labute approximate surface area is 125 Å². The summed E-state index contributed by atoms with van der Waals surface area (Å²) in [6.45, 7) is 0.647. The number of hydrogen-bond donors (Lipinski definition) is 0. The fourth-order valence-corrected chi connectivity index (χ4v) is 1.51. The summed E-state index contributed by atoms with van der Waals surface area (Å²) in [6.07, 6.45) is 4.56. The Morgan fingerprint density at radius 1 is 0.714 bits per heavy atom. The lowest BCUT2D eigenvalue weighted by atomic mass is 10.2. The number of nitrogens with zero attached hydrogens (tertiary/aromatic N) is 2. The second-order valence-electron chi connectivity index (χ2n) is 4.52. The van der Waals surface area contributed by atoms with E-state index >= 15 is 0 Å². The number of carbonyl (C=O) groups excluding carboxylic acids is 2. The van der Waals surface area contributed by atoms with Crippen LogP contribution < -0.4 is 0 Å². The highest BCUT2D eigenvalue weighted by Gasteiger charge is 2.07. The van der Waals surface area contributed by atoms with Crippen LogP contribution in [-0.4, -0.2) is 25.2 Å². The van der Waals surface area contributed by atoms with Gasteiger partial charge in [0.25, 0.3) is 0 Å². The first-order chi connectivity index (χ1) is 10.2. The van der Waals surface area contributed by atoms with Gasteiger partial charge in [0.15, 0.2) is 0 Å². The number of hydrogen-bond acceptors (Lipinski definition) is 6. The molecule has 21 heavy (non-hydrogen) atoms. The maximum atomic E-state index is 11.3. The van der Waals surface area contributed by atoms with Gasteiger partial charge in [-0.25, -0.2) is 0 Å². The van der Waals surface area contributed by atoms with Gasteiger partial charge in [0.1, 0.15) is 0 Å². The molecule has 0 aliphatic carbocycles. The van der Waals surface area contributed by atoms with E-state index in [9.17, 15) is 9.59 Å². The van der Waals surface area contributed by atoms with E-state index < -0.39 is 0 Å². The first-order valence-electron chi connectivity index (χ1n) is 7.26. The molecule has 0 aliphatic rings. The van der Waals surface area contributed by atoms with Gasteiger partial charge in [0, 0.05) is 25.7 Å². The van der Waals surface area contributed by atoms with Crippen LogP contribution in [0.15, 0.2) is 0 Å². The van der Waals surface area contributed by atoms with Crippen molar-refractivity contribution in [3.05, 3.63) is 0 Å². The molecule has 6 heteroatoms. The number of unbranched alkanes of at least 4 members (excludes halogenated alkanes) is 4. The second-order valence-corrected chi connectivity index (χ2v) is 4.52. The minimum absolute atomic E-state index is 0.196. The van der Waals surface area contributed by atoms with Gasteiger partial charge in [0.05, 0.1) is 25.4 Å². The molecule has 0 saturated carbocycles. The number of nitriles is 2. The van der Waals surface area contributed by atoms with Crippen LogP contribution >= 0.6 is 0 Å². The molecule has 0 unspecified atom stereocenters. The zero-order chi connectivity index (χ0) is 15.8. The van der Waals surface area contributed by atoms with E-state index in [1.807, 2.05) is 12.1 Å². The van der Waals surface area contributed by atoms with Gasteiger partial charge in [-0.1, -0.05) is 0 Å². The molecule has 0 aromatic heterocycles. The Hall–Kier alpha value is -2.08. The molecular weight excluding hydrogens is 272 g/mol. The van der Waals surface area contributed by atoms with Crippen LogP contribution in [0.4, 0.5) is 0 Å². The zero-order valence-electron chi connectivity index (χ0n) is 12.3. The molecule has 116 valence electrons. The van der Waals surface area contributed by atoms with Crippen molar-refractivity contribution < 1.29 is 19.1 Å². The Bertz CT molecular complexity index is 346. The summed E-state index contributed by atoms with van der Waals surface area (Å²) in [4.78, 5) is 22.6. The number of ether oxygens (including phenoxy) is 2. The predicted octanol–water partition coefficient (Wildman–Crippen LogP) is 2.63. The van der Waals surface area contributed by atoms with Crippen LogP contribution in [-0.2, 0) is 19.1 Å². The van der Waals surface area contributed by atoms with Gasteiger partial charge >= 0.3 is 11.9 Å². The Morgan fingerprint density at radius 2 is 1.14 bits per heavy atom. The maximum absolute atomic E-state index is 11.3. The minimum Gasteiger partial charge on any atom is -0.466 e. The molecule has 6 nitrogen and oxygen atoms in total. The third-order valence-electron chi connectivity index (χ3n) is 2.65. The van der Waals surface area contributed by atoms with E-state index in [2.05, 4.69) is 0 Å². The molecule has 0 fully saturated rings. The standard InChI is InChI=1S/C15H22N2O4/c16-10-3-1-5-12-20-14(18)8-7-9-15(19)21-13-6-2-4-11-17/h1-9,12-13H2. The first-order valence-corrected chi connectivity index (χ1v) is 7.26. The molecule has 0 saturated heterocycles. The molecule has 0 spiro atoms. The molecule has 0 amide bonds. The van der Waals surface area contributed by atoms with Gasteiger partial charge in [-0.2, -0.15) is 10.5 Å². The summed E-state index contributed by atoms with van der Waals surface area (Å²) < 4.78 is 9.93. The molecular formula is C15H22N2O4. The summed E-state index contributed by atoms with van der Waals surface area (Å²) in [5.41, 5.74) is 0. The predicted molar refractivity (Wildman–Crippen MR) is 74.7 cm³/mol. The van der Waals surface area contributed by atoms with Crippen LogP contribution in [0.3, 0.4) is 0 Å². The lowest BCUT2D eigenvalue weighted by Crippen LogP contribution is -2.09. The summed E-state index contributed by atoms with van der Waals surface area (Å²) in [6, 6.07) is 4.05. The van der Waals surface area contributed by atoms with Gasteiger partial charge in [-0.3, -0.25) is 9.59 Å². The lowest BCUT2D eigenvalue weighted by molar-refractivity contribution is -0.145. The fraction of sp³-hybridized carbons (Fsp3) is 0.733. The highest BCUT2D eigenvalue weighted by Crippen LogP contribution is 2.03. The van der Waals surface area contributed by atoms with Crippen molar-refractivity contribution in [3.63, 3.8) is 0 Å². The third kappa shape index (κ3) is 14.1. The minimum atomic E-state index is -0.325. The topological polar surface area (TPSA) is 100 Å². The Balaban J connectivity index is 3.39. The highest BCUT2D eigenvalue weighted by molar-refractivity contribution is 5.72. The van der Waals surface area contributed by atoms with Crippen LogP contribution in [0.25, 0.3) is 0 Å². The molecule has 0 aliphatic heterocycles. The van der Waals surface area contributed by atoms with E-state index in [0.29, 0.717) is 45.3 Å². The summed E-state index contributed by atoms with van der Waals surface area (Å²) in [5, 5.41) is 16.7. The molecule has 0 radical (unpaired) electrons. The molecule has 0 rings (SSSR count). The smallest absolute Gasteiger partial charge is 0.305 e. The Morgan fingerprint density at radius 3 is 1.52 bits per heavy atom. The van der Waals surface area contributed by atoms with E-state index in [1.54, 1.807) is 0 Å². The quantitative estimate of drug-likeness (QED) is 0.405. The third-order valence-corrected chi connectivity index (χ3v) is 2.65.